The van der Waals surface area contributed by atoms with Gasteiger partial charge >= 0.3 is 0 Å². The molecule has 0 unspecified atom stereocenters. The summed E-state index contributed by atoms with van der Waals surface area (Å²) in [5, 5.41) is 0. The number of hydrogen-bond acceptors (Lipinski definition) is 2. The minimum absolute atomic E-state index is 0.0365. The molecular formula is C5H8Cl3NO. The Morgan fingerprint density at radius 2 is 2.00 bits per heavy atom. The van der Waals surface area contributed by atoms with Crippen molar-refractivity contribution in [2.45, 2.75) is 0 Å². The van der Waals surface area contributed by atoms with Crippen LogP contribution in [0.25, 0.3) is 0 Å². The maximum Gasteiger partial charge on any atom is 0.192 e. The number of halogens is 3. The predicted molar refractivity (Wildman–Crippen MR) is 45.5 cm³/mol. The summed E-state index contributed by atoms with van der Waals surface area (Å²) < 4.78 is 5.01. The third kappa shape index (κ3) is 8.50. The summed E-state index contributed by atoms with van der Waals surface area (Å²) in [5.41, 5.74) is 0. The number of hydrogen-bond donors (Lipinski definition) is 0. The molecule has 10 heavy (non-hydrogen) atoms. The Bertz CT molecular complexity index is 103. The fourth-order valence-electron chi connectivity index (χ4n) is 0.351. The maximum atomic E-state index is 5.33. The van der Waals surface area contributed by atoms with E-state index in [1.165, 1.54) is 0 Å². The van der Waals surface area contributed by atoms with E-state index >= 15 is 0 Å². The van der Waals surface area contributed by atoms with Crippen LogP contribution in [0.5, 0.6) is 0 Å². The zero-order valence-corrected chi connectivity index (χ0v) is 7.59. The van der Waals surface area contributed by atoms with Gasteiger partial charge in [0.05, 0.1) is 19.8 Å². The first-order valence-corrected chi connectivity index (χ1v) is 4.05. The van der Waals surface area contributed by atoms with Gasteiger partial charge in [-0.05, 0) is 23.2 Å². The molecule has 0 aromatic rings. The summed E-state index contributed by atoms with van der Waals surface area (Å²) in [6.45, 7) is 1.53. The molecule has 0 bridgehead atoms. The maximum absolute atomic E-state index is 5.33. The molecule has 0 fully saturated rings. The van der Waals surface area contributed by atoms with E-state index in [4.69, 9.17) is 39.5 Å². The highest BCUT2D eigenvalue weighted by Gasteiger charge is 1.86. The van der Waals surface area contributed by atoms with Gasteiger partial charge in [0.1, 0.15) is 0 Å². The van der Waals surface area contributed by atoms with E-state index in [9.17, 15) is 0 Å². The summed E-state index contributed by atoms with van der Waals surface area (Å²) in [6.07, 6.45) is 0. The van der Waals surface area contributed by atoms with Gasteiger partial charge in [-0.1, -0.05) is 0 Å². The quantitative estimate of drug-likeness (QED) is 0.382. The fraction of sp³-hybridized carbons (Fsp3) is 0.800. The summed E-state index contributed by atoms with van der Waals surface area (Å²) >= 11 is 15.8. The van der Waals surface area contributed by atoms with Crippen molar-refractivity contribution in [2.24, 2.45) is 4.99 Å². The van der Waals surface area contributed by atoms with E-state index in [0.29, 0.717) is 25.6 Å². The zero-order valence-electron chi connectivity index (χ0n) is 5.32. The molecule has 0 spiro atoms. The van der Waals surface area contributed by atoms with Crippen LogP contribution in [-0.2, 0) is 4.74 Å². The second kappa shape index (κ2) is 7.61. The van der Waals surface area contributed by atoms with Crippen LogP contribution in [0.1, 0.15) is 0 Å². The third-order valence-electron chi connectivity index (χ3n) is 0.688. The first kappa shape index (κ1) is 10.5. The van der Waals surface area contributed by atoms with Gasteiger partial charge in [-0.2, -0.15) is 0 Å². The van der Waals surface area contributed by atoms with Crippen LogP contribution in [-0.4, -0.2) is 30.3 Å². The van der Waals surface area contributed by atoms with Crippen LogP contribution in [0.15, 0.2) is 4.99 Å². The lowest BCUT2D eigenvalue weighted by atomic mass is 10.7. The van der Waals surface area contributed by atoms with Gasteiger partial charge in [0, 0.05) is 5.88 Å². The van der Waals surface area contributed by atoms with Gasteiger partial charge in [0.15, 0.2) is 4.63 Å². The molecule has 2 nitrogen and oxygen atoms in total. The standard InChI is InChI=1S/C5H8Cl3NO/c6-1-3-10-4-2-9-5(7)8/h1-4H2. The van der Waals surface area contributed by atoms with E-state index in [-0.39, 0.29) is 4.63 Å². The molecule has 0 aromatic heterocycles. The molecule has 0 radical (unpaired) electrons. The molecule has 0 amide bonds. The van der Waals surface area contributed by atoms with Gasteiger partial charge in [-0.15, -0.1) is 11.6 Å². The Morgan fingerprint density at radius 3 is 2.50 bits per heavy atom. The Balaban J connectivity index is 2.98. The van der Waals surface area contributed by atoms with Crippen molar-refractivity contribution in [3.63, 3.8) is 0 Å². The van der Waals surface area contributed by atoms with E-state index in [1.807, 2.05) is 0 Å². The van der Waals surface area contributed by atoms with E-state index in [1.54, 1.807) is 0 Å². The van der Waals surface area contributed by atoms with Crippen molar-refractivity contribution in [1.29, 1.82) is 0 Å². The van der Waals surface area contributed by atoms with Gasteiger partial charge < -0.3 is 4.74 Å². The average molecular weight is 204 g/mol. The fourth-order valence-corrected chi connectivity index (χ4v) is 0.629. The zero-order chi connectivity index (χ0) is 7.82. The summed E-state index contributed by atoms with van der Waals surface area (Å²) in [5.74, 6) is 0.498. The number of alkyl halides is 1. The predicted octanol–water partition coefficient (Wildman–Crippen LogP) is 2.08. The number of ether oxygens (including phenoxy) is 1. The minimum Gasteiger partial charge on any atom is -0.378 e. The Morgan fingerprint density at radius 1 is 1.30 bits per heavy atom. The highest BCUT2D eigenvalue weighted by molar-refractivity contribution is 6.95. The average Bonchev–Trinajstić information content (AvgIpc) is 1.87. The lowest BCUT2D eigenvalue weighted by molar-refractivity contribution is 0.157. The molecule has 0 saturated carbocycles. The second-order valence-electron chi connectivity index (χ2n) is 1.42. The van der Waals surface area contributed by atoms with Crippen LogP contribution in [0.4, 0.5) is 0 Å². The summed E-state index contributed by atoms with van der Waals surface area (Å²) in [6, 6.07) is 0. The lowest BCUT2D eigenvalue weighted by Gasteiger charge is -1.96. The van der Waals surface area contributed by atoms with E-state index < -0.39 is 0 Å². The summed E-state index contributed by atoms with van der Waals surface area (Å²) in [4.78, 5) is 3.68. The van der Waals surface area contributed by atoms with E-state index in [0.717, 1.165) is 0 Å². The molecule has 0 aromatic carbocycles. The van der Waals surface area contributed by atoms with Crippen LogP contribution in [0, 0.1) is 0 Å². The Labute approximate surface area is 75.1 Å². The topological polar surface area (TPSA) is 21.6 Å². The number of aliphatic imine (C=N–C) groups is 1. The van der Waals surface area contributed by atoms with Gasteiger partial charge in [-0.3, -0.25) is 4.99 Å². The molecule has 0 aliphatic heterocycles. The van der Waals surface area contributed by atoms with Crippen molar-refractivity contribution in [3.05, 3.63) is 0 Å². The highest BCUT2D eigenvalue weighted by atomic mass is 35.5. The smallest absolute Gasteiger partial charge is 0.192 e. The number of rotatable bonds is 5. The molecule has 0 aliphatic rings. The number of nitrogens with zero attached hydrogens (tertiary/aromatic N) is 1. The van der Waals surface area contributed by atoms with Crippen molar-refractivity contribution < 1.29 is 4.74 Å². The van der Waals surface area contributed by atoms with Crippen molar-refractivity contribution in [1.82, 2.24) is 0 Å². The lowest BCUT2D eigenvalue weighted by Crippen LogP contribution is -2.00. The molecule has 0 rings (SSSR count). The Kier molecular flexibility index (Phi) is 7.99. The monoisotopic (exact) mass is 203 g/mol. The van der Waals surface area contributed by atoms with Crippen LogP contribution in [0.2, 0.25) is 0 Å². The van der Waals surface area contributed by atoms with Gasteiger partial charge in [-0.25, -0.2) is 0 Å². The molecule has 0 atom stereocenters. The molecule has 0 aliphatic carbocycles. The first-order chi connectivity index (χ1) is 4.77. The molecular weight excluding hydrogens is 196 g/mol. The first-order valence-electron chi connectivity index (χ1n) is 2.76. The highest BCUT2D eigenvalue weighted by Crippen LogP contribution is 1.90. The van der Waals surface area contributed by atoms with Gasteiger partial charge in [0.25, 0.3) is 0 Å². The second-order valence-corrected chi connectivity index (χ2v) is 2.71. The van der Waals surface area contributed by atoms with Crippen LogP contribution >= 0.6 is 34.8 Å². The summed E-state index contributed by atoms with van der Waals surface area (Å²) in [7, 11) is 0. The largest absolute Gasteiger partial charge is 0.378 e. The van der Waals surface area contributed by atoms with E-state index in [2.05, 4.69) is 4.99 Å². The van der Waals surface area contributed by atoms with Crippen molar-refractivity contribution >= 4 is 39.4 Å². The normalized spacial score (nSPS) is 9.50. The Hall–Kier alpha value is 0.500. The SMILES string of the molecule is ClCCOCCN=C(Cl)Cl. The van der Waals surface area contributed by atoms with Crippen LogP contribution < -0.4 is 0 Å². The minimum atomic E-state index is 0.0365. The van der Waals surface area contributed by atoms with Crippen LogP contribution in [0.3, 0.4) is 0 Å². The van der Waals surface area contributed by atoms with Crippen molar-refractivity contribution in [2.75, 3.05) is 25.6 Å². The third-order valence-corrected chi connectivity index (χ3v) is 1.08. The molecule has 0 N–H and O–H groups in total. The van der Waals surface area contributed by atoms with Gasteiger partial charge in [0.2, 0.25) is 0 Å². The molecule has 0 saturated heterocycles. The molecule has 5 heteroatoms. The molecule has 60 valence electrons. The van der Waals surface area contributed by atoms with Crippen molar-refractivity contribution in [3.8, 4) is 0 Å². The molecule has 0 heterocycles.